The van der Waals surface area contributed by atoms with Crippen molar-refractivity contribution in [2.24, 2.45) is 0 Å². The number of nitrogens with one attached hydrogen (secondary N) is 1. The van der Waals surface area contributed by atoms with Gasteiger partial charge >= 0.3 is 0 Å². The Morgan fingerprint density at radius 1 is 1.14 bits per heavy atom. The van der Waals surface area contributed by atoms with Gasteiger partial charge in [-0.3, -0.25) is 0 Å². The van der Waals surface area contributed by atoms with Gasteiger partial charge in [0.15, 0.2) is 0 Å². The van der Waals surface area contributed by atoms with Crippen LogP contribution in [0, 0.1) is 0 Å². The maximum Gasteiger partial charge on any atom is 0.0406 e. The summed E-state index contributed by atoms with van der Waals surface area (Å²) in [5, 5.41) is 4.21. The van der Waals surface area contributed by atoms with Crippen molar-refractivity contribution in [1.29, 1.82) is 0 Å². The molecule has 3 heteroatoms. The molecule has 1 aromatic carbocycles. The van der Waals surface area contributed by atoms with Crippen molar-refractivity contribution in [2.45, 2.75) is 19.4 Å². The van der Waals surface area contributed by atoms with Gasteiger partial charge in [0.1, 0.15) is 0 Å². The number of unbranched alkanes of at least 4 members (excludes halogenated alkanes) is 1. The number of hydrogen-bond acceptors (Lipinski definition) is 1. The van der Waals surface area contributed by atoms with E-state index in [-0.39, 0.29) is 0 Å². The molecule has 0 unspecified atom stereocenters. The van der Waals surface area contributed by atoms with Crippen LogP contribution in [-0.2, 0) is 6.54 Å². The van der Waals surface area contributed by atoms with E-state index < -0.39 is 0 Å². The monoisotopic (exact) mass is 323 g/mol. The molecule has 0 bridgehead atoms. The first-order valence-electron chi connectivity index (χ1n) is 4.84. The Hall–Kier alpha value is 0.200. The van der Waals surface area contributed by atoms with Crippen LogP contribution in [0.2, 0.25) is 5.02 Å². The van der Waals surface area contributed by atoms with Crippen LogP contribution in [0.4, 0.5) is 0 Å². The van der Waals surface area contributed by atoms with Crippen LogP contribution in [0.25, 0.3) is 0 Å². The van der Waals surface area contributed by atoms with E-state index >= 15 is 0 Å². The molecule has 14 heavy (non-hydrogen) atoms. The smallest absolute Gasteiger partial charge is 0.0406 e. The van der Waals surface area contributed by atoms with Gasteiger partial charge in [0.05, 0.1) is 0 Å². The second kappa shape index (κ2) is 7.49. The fourth-order valence-corrected chi connectivity index (χ4v) is 1.84. The summed E-state index contributed by atoms with van der Waals surface area (Å²) in [5.41, 5.74) is 1.30. The largest absolute Gasteiger partial charge is 0.313 e. The summed E-state index contributed by atoms with van der Waals surface area (Å²) in [6.07, 6.45) is 2.56. The molecule has 0 fully saturated rings. The van der Waals surface area contributed by atoms with E-state index in [0.717, 1.165) is 18.1 Å². The number of benzene rings is 1. The maximum atomic E-state index is 5.79. The Morgan fingerprint density at radius 2 is 1.86 bits per heavy atom. The molecule has 0 amide bonds. The summed E-state index contributed by atoms with van der Waals surface area (Å²) >= 11 is 8.20. The van der Waals surface area contributed by atoms with E-state index in [9.17, 15) is 0 Å². The molecule has 0 saturated heterocycles. The third kappa shape index (κ3) is 5.17. The molecule has 1 rings (SSSR count). The molecular weight excluding hydrogens is 308 g/mol. The molecule has 0 aliphatic carbocycles. The van der Waals surface area contributed by atoms with Crippen molar-refractivity contribution in [3.05, 3.63) is 34.9 Å². The van der Waals surface area contributed by atoms with Crippen LogP contribution >= 0.6 is 34.2 Å². The van der Waals surface area contributed by atoms with Crippen LogP contribution < -0.4 is 5.32 Å². The first kappa shape index (κ1) is 12.3. The molecule has 0 saturated carbocycles. The lowest BCUT2D eigenvalue weighted by Crippen LogP contribution is -2.14. The van der Waals surface area contributed by atoms with Crippen LogP contribution in [0.5, 0.6) is 0 Å². The Balaban J connectivity index is 2.15. The van der Waals surface area contributed by atoms with E-state index in [2.05, 4.69) is 40.0 Å². The van der Waals surface area contributed by atoms with E-state index in [1.54, 1.807) is 0 Å². The molecule has 0 heterocycles. The lowest BCUT2D eigenvalue weighted by Gasteiger charge is -2.03. The first-order chi connectivity index (χ1) is 6.83. The van der Waals surface area contributed by atoms with Gasteiger partial charge in [0, 0.05) is 11.6 Å². The second-order valence-corrected chi connectivity index (χ2v) is 4.71. The number of rotatable bonds is 6. The minimum Gasteiger partial charge on any atom is -0.313 e. The Morgan fingerprint density at radius 3 is 2.50 bits per heavy atom. The summed E-state index contributed by atoms with van der Waals surface area (Å²) in [5.74, 6) is 0. The molecule has 0 aromatic heterocycles. The zero-order chi connectivity index (χ0) is 10.2. The van der Waals surface area contributed by atoms with E-state index in [1.807, 2.05) is 12.1 Å². The lowest BCUT2D eigenvalue weighted by atomic mass is 10.2. The summed E-state index contributed by atoms with van der Waals surface area (Å²) in [6.45, 7) is 2.05. The van der Waals surface area contributed by atoms with Gasteiger partial charge in [-0.2, -0.15) is 0 Å². The van der Waals surface area contributed by atoms with E-state index in [4.69, 9.17) is 11.6 Å². The highest BCUT2D eigenvalue weighted by molar-refractivity contribution is 14.1. The van der Waals surface area contributed by atoms with Crippen molar-refractivity contribution >= 4 is 34.2 Å². The van der Waals surface area contributed by atoms with Gasteiger partial charge < -0.3 is 5.32 Å². The van der Waals surface area contributed by atoms with Crippen LogP contribution in [-0.4, -0.2) is 11.0 Å². The Kier molecular flexibility index (Phi) is 6.56. The fourth-order valence-electron chi connectivity index (χ4n) is 1.18. The molecule has 1 N–H and O–H groups in total. The van der Waals surface area contributed by atoms with Crippen LogP contribution in [0.15, 0.2) is 24.3 Å². The Labute approximate surface area is 104 Å². The highest BCUT2D eigenvalue weighted by Crippen LogP contribution is 2.09. The summed E-state index contributed by atoms with van der Waals surface area (Å²) in [4.78, 5) is 0. The van der Waals surface area contributed by atoms with Crippen molar-refractivity contribution in [2.75, 3.05) is 11.0 Å². The van der Waals surface area contributed by atoms with E-state index in [0.29, 0.717) is 0 Å². The van der Waals surface area contributed by atoms with Crippen LogP contribution in [0.1, 0.15) is 18.4 Å². The van der Waals surface area contributed by atoms with Crippen molar-refractivity contribution < 1.29 is 0 Å². The van der Waals surface area contributed by atoms with Gasteiger partial charge in [-0.1, -0.05) is 46.3 Å². The van der Waals surface area contributed by atoms with Crippen LogP contribution in [0.3, 0.4) is 0 Å². The molecule has 0 aliphatic heterocycles. The second-order valence-electron chi connectivity index (χ2n) is 3.20. The molecule has 0 spiro atoms. The predicted octanol–water partition coefficient (Wildman–Crippen LogP) is 3.64. The van der Waals surface area contributed by atoms with Gasteiger partial charge in [-0.05, 0) is 41.5 Å². The zero-order valence-electron chi connectivity index (χ0n) is 8.10. The van der Waals surface area contributed by atoms with Crippen molar-refractivity contribution in [3.8, 4) is 0 Å². The van der Waals surface area contributed by atoms with Gasteiger partial charge in [-0.25, -0.2) is 0 Å². The van der Waals surface area contributed by atoms with Gasteiger partial charge in [0.2, 0.25) is 0 Å². The zero-order valence-corrected chi connectivity index (χ0v) is 11.0. The average Bonchev–Trinajstić information content (AvgIpc) is 2.21. The first-order valence-corrected chi connectivity index (χ1v) is 6.74. The standard InChI is InChI=1S/C11H15ClIN/c12-11-5-3-10(4-6-11)9-14-8-2-1-7-13/h3-6,14H,1-2,7-9H2. The van der Waals surface area contributed by atoms with Crippen molar-refractivity contribution in [3.63, 3.8) is 0 Å². The van der Waals surface area contributed by atoms with Gasteiger partial charge in [0.25, 0.3) is 0 Å². The Bertz CT molecular complexity index is 248. The third-order valence-electron chi connectivity index (χ3n) is 1.98. The lowest BCUT2D eigenvalue weighted by molar-refractivity contribution is 0.646. The molecule has 1 nitrogen and oxygen atoms in total. The normalized spacial score (nSPS) is 10.4. The molecule has 78 valence electrons. The summed E-state index contributed by atoms with van der Waals surface area (Å²) in [7, 11) is 0. The SMILES string of the molecule is Clc1ccc(CNCCCCI)cc1. The van der Waals surface area contributed by atoms with Gasteiger partial charge in [-0.15, -0.1) is 0 Å². The average molecular weight is 324 g/mol. The molecule has 0 atom stereocenters. The maximum absolute atomic E-state index is 5.79. The topological polar surface area (TPSA) is 12.0 Å². The van der Waals surface area contributed by atoms with E-state index in [1.165, 1.54) is 22.8 Å². The third-order valence-corrected chi connectivity index (χ3v) is 2.99. The minimum absolute atomic E-state index is 0.804. The number of alkyl halides is 1. The minimum atomic E-state index is 0.804. The number of halogens is 2. The molecular formula is C11H15ClIN. The highest BCUT2D eigenvalue weighted by atomic mass is 127. The molecule has 0 radical (unpaired) electrons. The number of hydrogen-bond donors (Lipinski definition) is 1. The molecule has 0 aliphatic rings. The predicted molar refractivity (Wildman–Crippen MR) is 71.3 cm³/mol. The fraction of sp³-hybridized carbons (Fsp3) is 0.455. The highest BCUT2D eigenvalue weighted by Gasteiger charge is 1.92. The van der Waals surface area contributed by atoms with Crippen molar-refractivity contribution in [1.82, 2.24) is 5.32 Å². The molecule has 1 aromatic rings. The summed E-state index contributed by atoms with van der Waals surface area (Å²) in [6, 6.07) is 7.99. The summed E-state index contributed by atoms with van der Waals surface area (Å²) < 4.78 is 1.25. The quantitative estimate of drug-likeness (QED) is 0.479.